The molecule has 2 rings (SSSR count). The van der Waals surface area contributed by atoms with Gasteiger partial charge in [0, 0.05) is 0 Å². The molecule has 1 fully saturated rings. The van der Waals surface area contributed by atoms with Crippen molar-refractivity contribution in [1.29, 1.82) is 0 Å². The molecule has 0 spiro atoms. The Hall–Kier alpha value is -0.300. The summed E-state index contributed by atoms with van der Waals surface area (Å²) >= 11 is 0. The quantitative estimate of drug-likeness (QED) is 0.610. The van der Waals surface area contributed by atoms with Crippen LogP contribution in [0.5, 0.6) is 0 Å². The first-order valence-electron chi connectivity index (χ1n) is 7.29. The largest absolute Gasteiger partial charge is 0.659 e. The number of allylic oxidation sites excluding steroid dienone is 2. The molecule has 17 heavy (non-hydrogen) atoms. The molecule has 98 valence electrons. The van der Waals surface area contributed by atoms with Crippen molar-refractivity contribution < 1.29 is 0 Å². The average molecular weight is 234 g/mol. The molecule has 0 aromatic rings. The monoisotopic (exact) mass is 234 g/mol. The van der Waals surface area contributed by atoms with Crippen LogP contribution >= 0.6 is 0 Å². The van der Waals surface area contributed by atoms with E-state index in [2.05, 4.69) is 33.8 Å². The third-order valence-corrected chi connectivity index (χ3v) is 5.43. The van der Waals surface area contributed by atoms with E-state index in [0.29, 0.717) is 5.92 Å². The Morgan fingerprint density at radius 3 is 2.65 bits per heavy atom. The van der Waals surface area contributed by atoms with Crippen LogP contribution < -0.4 is 0 Å². The van der Waals surface area contributed by atoms with Gasteiger partial charge in [-0.1, -0.05) is 52.2 Å². The predicted octanol–water partition coefficient (Wildman–Crippen LogP) is 4.79. The van der Waals surface area contributed by atoms with E-state index in [9.17, 15) is 0 Å². The molecule has 0 bridgehead atoms. The van der Waals surface area contributed by atoms with E-state index in [1.165, 1.54) is 25.7 Å². The van der Waals surface area contributed by atoms with Gasteiger partial charge >= 0.3 is 0 Å². The summed E-state index contributed by atoms with van der Waals surface area (Å²) in [7, 11) is 2.03. The lowest BCUT2D eigenvalue weighted by atomic mass is 9.76. The van der Waals surface area contributed by atoms with Crippen molar-refractivity contribution in [3.05, 3.63) is 17.0 Å². The van der Waals surface area contributed by atoms with E-state index >= 15 is 0 Å². The fourth-order valence-electron chi connectivity index (χ4n) is 3.90. The minimum absolute atomic E-state index is 0.225. The first kappa shape index (κ1) is 13.1. The van der Waals surface area contributed by atoms with Crippen LogP contribution in [-0.2, 0) is 0 Å². The SMILES string of the molecule is C[N-]C1(C)CCC(C(C)C)=CC2C(C)CCC21. The predicted molar refractivity (Wildman–Crippen MR) is 75.2 cm³/mol. The maximum Gasteiger partial charge on any atom is -0.0188 e. The van der Waals surface area contributed by atoms with E-state index < -0.39 is 0 Å². The molecule has 1 saturated carbocycles. The molecule has 4 unspecified atom stereocenters. The van der Waals surface area contributed by atoms with Crippen LogP contribution in [-0.4, -0.2) is 12.6 Å². The number of hydrogen-bond donors (Lipinski definition) is 0. The molecule has 0 aliphatic heterocycles. The summed E-state index contributed by atoms with van der Waals surface area (Å²) in [6, 6.07) is 0. The van der Waals surface area contributed by atoms with Gasteiger partial charge in [-0.05, 0) is 36.5 Å². The van der Waals surface area contributed by atoms with Gasteiger partial charge in [0.15, 0.2) is 0 Å². The molecule has 1 heteroatoms. The highest BCUT2D eigenvalue weighted by atomic mass is 14.9. The molecule has 1 nitrogen and oxygen atoms in total. The zero-order chi connectivity index (χ0) is 12.6. The zero-order valence-electron chi connectivity index (χ0n) is 12.2. The van der Waals surface area contributed by atoms with Gasteiger partial charge in [0.05, 0.1) is 0 Å². The van der Waals surface area contributed by atoms with Gasteiger partial charge in [0.1, 0.15) is 0 Å². The zero-order valence-corrected chi connectivity index (χ0v) is 12.2. The third kappa shape index (κ3) is 2.31. The molecule has 0 aromatic heterocycles. The van der Waals surface area contributed by atoms with E-state index in [1.54, 1.807) is 5.57 Å². The molecule has 0 saturated heterocycles. The van der Waals surface area contributed by atoms with Crippen molar-refractivity contribution in [2.24, 2.45) is 23.7 Å². The van der Waals surface area contributed by atoms with Crippen LogP contribution in [0.2, 0.25) is 0 Å². The highest BCUT2D eigenvalue weighted by Gasteiger charge is 2.40. The summed E-state index contributed by atoms with van der Waals surface area (Å²) in [6.45, 7) is 9.50. The molecule has 0 heterocycles. The highest BCUT2D eigenvalue weighted by molar-refractivity contribution is 5.21. The third-order valence-electron chi connectivity index (χ3n) is 5.43. The Morgan fingerprint density at radius 2 is 2.06 bits per heavy atom. The lowest BCUT2D eigenvalue weighted by Crippen LogP contribution is -2.35. The van der Waals surface area contributed by atoms with E-state index in [-0.39, 0.29) is 5.54 Å². The van der Waals surface area contributed by atoms with E-state index in [0.717, 1.165) is 17.8 Å². The smallest absolute Gasteiger partial charge is 0.0188 e. The molecule has 4 atom stereocenters. The average Bonchev–Trinajstić information content (AvgIpc) is 2.57. The van der Waals surface area contributed by atoms with Crippen molar-refractivity contribution in [2.45, 2.75) is 58.9 Å². The normalized spacial score (nSPS) is 42.2. The molecular weight excluding hydrogens is 206 g/mol. The van der Waals surface area contributed by atoms with Gasteiger partial charge in [-0.25, -0.2) is 0 Å². The van der Waals surface area contributed by atoms with Crippen molar-refractivity contribution >= 4 is 0 Å². The first-order valence-corrected chi connectivity index (χ1v) is 7.29. The van der Waals surface area contributed by atoms with Gasteiger partial charge in [-0.3, -0.25) is 0 Å². The standard InChI is InChI=1S/C16H28N/c1-11(2)13-8-9-16(4,17-5)15-7-6-12(3)14(15)10-13/h10-12,14-15H,6-9H2,1-5H3/q-1. The maximum atomic E-state index is 4.78. The van der Waals surface area contributed by atoms with Crippen LogP contribution in [0.25, 0.3) is 5.32 Å². The fraction of sp³-hybridized carbons (Fsp3) is 0.875. The lowest BCUT2D eigenvalue weighted by Gasteiger charge is -2.48. The molecular formula is C16H28N-. The second kappa shape index (κ2) is 4.76. The minimum Gasteiger partial charge on any atom is -0.659 e. The minimum atomic E-state index is 0.225. The van der Waals surface area contributed by atoms with Crippen molar-refractivity contribution in [2.75, 3.05) is 7.05 Å². The molecule has 0 amide bonds. The molecule has 2 aliphatic carbocycles. The Morgan fingerprint density at radius 1 is 1.35 bits per heavy atom. The van der Waals surface area contributed by atoms with Gasteiger partial charge in [0.25, 0.3) is 0 Å². The summed E-state index contributed by atoms with van der Waals surface area (Å²) < 4.78 is 0. The number of hydrogen-bond acceptors (Lipinski definition) is 0. The van der Waals surface area contributed by atoms with E-state index in [4.69, 9.17) is 5.32 Å². The first-order chi connectivity index (χ1) is 7.98. The number of nitrogens with zero attached hydrogens (tertiary/aromatic N) is 1. The van der Waals surface area contributed by atoms with E-state index in [1.807, 2.05) is 7.05 Å². The van der Waals surface area contributed by atoms with Crippen molar-refractivity contribution in [1.82, 2.24) is 0 Å². The van der Waals surface area contributed by atoms with Crippen LogP contribution in [0.4, 0.5) is 0 Å². The Labute approximate surface area is 107 Å². The molecule has 0 aromatic carbocycles. The van der Waals surface area contributed by atoms with Crippen LogP contribution in [0, 0.1) is 23.7 Å². The van der Waals surface area contributed by atoms with Gasteiger partial charge in [0.2, 0.25) is 0 Å². The topological polar surface area (TPSA) is 14.1 Å². The van der Waals surface area contributed by atoms with Crippen LogP contribution in [0.15, 0.2) is 11.6 Å². The fourth-order valence-corrected chi connectivity index (χ4v) is 3.90. The lowest BCUT2D eigenvalue weighted by molar-refractivity contribution is 0.272. The van der Waals surface area contributed by atoms with Crippen LogP contribution in [0.3, 0.4) is 0 Å². The summed E-state index contributed by atoms with van der Waals surface area (Å²) in [5, 5.41) is 4.78. The second-order valence-electron chi connectivity index (χ2n) is 6.72. The van der Waals surface area contributed by atoms with Gasteiger partial charge in [-0.2, -0.15) is 7.05 Å². The molecule has 2 aliphatic rings. The summed E-state index contributed by atoms with van der Waals surface area (Å²) in [5.41, 5.74) is 1.91. The van der Waals surface area contributed by atoms with Crippen LogP contribution in [0.1, 0.15) is 53.4 Å². The number of fused-ring (bicyclic) bond motifs is 1. The summed E-state index contributed by atoms with van der Waals surface area (Å²) in [6.07, 6.45) is 7.90. The molecule has 0 N–H and O–H groups in total. The van der Waals surface area contributed by atoms with Gasteiger partial charge < -0.3 is 5.32 Å². The Kier molecular flexibility index (Phi) is 3.68. The Bertz CT molecular complexity index is 305. The Balaban J connectivity index is 2.31. The van der Waals surface area contributed by atoms with Gasteiger partial charge in [-0.15, -0.1) is 5.54 Å². The summed E-state index contributed by atoms with van der Waals surface area (Å²) in [5.74, 6) is 3.14. The van der Waals surface area contributed by atoms with Crippen molar-refractivity contribution in [3.8, 4) is 0 Å². The molecule has 0 radical (unpaired) electrons. The summed E-state index contributed by atoms with van der Waals surface area (Å²) in [4.78, 5) is 0. The van der Waals surface area contributed by atoms with Crippen molar-refractivity contribution in [3.63, 3.8) is 0 Å². The second-order valence-corrected chi connectivity index (χ2v) is 6.72. The highest BCUT2D eigenvalue weighted by Crippen LogP contribution is 2.51. The maximum absolute atomic E-state index is 4.78. The number of rotatable bonds is 2.